The van der Waals surface area contributed by atoms with E-state index in [1.165, 1.54) is 12.5 Å². The first-order valence-corrected chi connectivity index (χ1v) is 11.9. The zero-order chi connectivity index (χ0) is 25.4. The number of aromatic nitrogens is 2. The number of ether oxygens (including phenoxy) is 3. The third-order valence-electron chi connectivity index (χ3n) is 5.59. The minimum atomic E-state index is -0.587. The van der Waals surface area contributed by atoms with Crippen LogP contribution in [0.1, 0.15) is 15.9 Å². The molecule has 37 heavy (non-hydrogen) atoms. The fourth-order valence-corrected chi connectivity index (χ4v) is 4.19. The third-order valence-corrected chi connectivity index (χ3v) is 6.08. The average molecular weight is 558 g/mol. The second kappa shape index (κ2) is 9.40. The molecule has 0 spiro atoms. The molecule has 182 valence electrons. The van der Waals surface area contributed by atoms with Crippen molar-refractivity contribution in [2.24, 2.45) is 5.10 Å². The molecular formula is C27H16BrN3O6. The van der Waals surface area contributed by atoms with Gasteiger partial charge in [-0.1, -0.05) is 28.1 Å². The van der Waals surface area contributed by atoms with Gasteiger partial charge in [-0.05, 0) is 60.7 Å². The van der Waals surface area contributed by atoms with Gasteiger partial charge in [-0.2, -0.15) is 9.78 Å². The molecule has 3 aromatic carbocycles. The van der Waals surface area contributed by atoms with Crippen molar-refractivity contribution < 1.29 is 23.4 Å². The molecule has 0 N–H and O–H groups in total. The third kappa shape index (κ3) is 4.38. The highest BCUT2D eigenvalue weighted by molar-refractivity contribution is 9.10. The number of hydrogen-bond donors (Lipinski definition) is 0. The first kappa shape index (κ1) is 22.7. The standard InChI is InChI=1S/C27H16BrN3O6/c28-18-8-10-21(37-27(33)16-7-9-22-24(13-16)36-15-35-22)17(12-18)14-29-31-25(23-6-3-11-34-23)30-20-5-2-1-4-19(20)26(31)32/h1-14H,15H2. The average Bonchev–Trinajstić information content (AvgIpc) is 3.61. The van der Waals surface area contributed by atoms with Crippen molar-refractivity contribution in [1.29, 1.82) is 0 Å². The molecular weight excluding hydrogens is 542 g/mol. The summed E-state index contributed by atoms with van der Waals surface area (Å²) in [5, 5.41) is 4.82. The molecule has 0 saturated carbocycles. The zero-order valence-corrected chi connectivity index (χ0v) is 20.5. The van der Waals surface area contributed by atoms with Gasteiger partial charge in [0.1, 0.15) is 5.75 Å². The van der Waals surface area contributed by atoms with Crippen molar-refractivity contribution in [2.45, 2.75) is 0 Å². The van der Waals surface area contributed by atoms with Crippen LogP contribution in [0.5, 0.6) is 17.2 Å². The van der Waals surface area contributed by atoms with Crippen LogP contribution in [0.4, 0.5) is 0 Å². The van der Waals surface area contributed by atoms with Gasteiger partial charge in [0.05, 0.1) is 28.9 Å². The fraction of sp³-hybridized carbons (Fsp3) is 0.0370. The monoisotopic (exact) mass is 557 g/mol. The van der Waals surface area contributed by atoms with Gasteiger partial charge >= 0.3 is 5.97 Å². The van der Waals surface area contributed by atoms with E-state index in [9.17, 15) is 9.59 Å². The molecule has 0 aliphatic carbocycles. The molecule has 0 bridgehead atoms. The highest BCUT2D eigenvalue weighted by Gasteiger charge is 2.19. The van der Waals surface area contributed by atoms with Crippen molar-refractivity contribution in [3.63, 3.8) is 0 Å². The largest absolute Gasteiger partial charge is 0.461 e. The Labute approximate surface area is 217 Å². The lowest BCUT2D eigenvalue weighted by molar-refractivity contribution is 0.0734. The predicted octanol–water partition coefficient (Wildman–Crippen LogP) is 5.25. The molecule has 1 aliphatic rings. The lowest BCUT2D eigenvalue weighted by Gasteiger charge is -2.10. The Kier molecular flexibility index (Phi) is 5.78. The number of nitrogens with zero attached hydrogens (tertiary/aromatic N) is 3. The highest BCUT2D eigenvalue weighted by atomic mass is 79.9. The maximum Gasteiger partial charge on any atom is 0.343 e. The number of esters is 1. The van der Waals surface area contributed by atoms with Crippen LogP contribution in [0.15, 0.2) is 97.8 Å². The van der Waals surface area contributed by atoms with Gasteiger partial charge in [-0.15, -0.1) is 0 Å². The van der Waals surface area contributed by atoms with Crippen LogP contribution in [-0.2, 0) is 0 Å². The highest BCUT2D eigenvalue weighted by Crippen LogP contribution is 2.33. The number of halogens is 1. The number of hydrogen-bond acceptors (Lipinski definition) is 8. The number of para-hydroxylation sites is 1. The Morgan fingerprint density at radius 1 is 1.03 bits per heavy atom. The van der Waals surface area contributed by atoms with Crippen LogP contribution < -0.4 is 19.8 Å². The summed E-state index contributed by atoms with van der Waals surface area (Å²) >= 11 is 3.43. The second-order valence-electron chi connectivity index (χ2n) is 7.93. The normalized spacial score (nSPS) is 12.4. The summed E-state index contributed by atoms with van der Waals surface area (Å²) in [5.74, 6) is 1.31. The Hall–Kier alpha value is -4.70. The van der Waals surface area contributed by atoms with Crippen molar-refractivity contribution in [3.8, 4) is 28.8 Å². The smallest absolute Gasteiger partial charge is 0.343 e. The predicted molar refractivity (Wildman–Crippen MR) is 138 cm³/mol. The number of carbonyl (C=O) groups is 1. The number of carbonyl (C=O) groups excluding carboxylic acids is 1. The van der Waals surface area contributed by atoms with Crippen LogP contribution >= 0.6 is 15.9 Å². The lowest BCUT2D eigenvalue weighted by Crippen LogP contribution is -2.20. The number of benzene rings is 3. The first-order valence-electron chi connectivity index (χ1n) is 11.1. The van der Waals surface area contributed by atoms with Crippen LogP contribution in [0.3, 0.4) is 0 Å². The van der Waals surface area contributed by atoms with Gasteiger partial charge in [0, 0.05) is 10.0 Å². The van der Waals surface area contributed by atoms with Crippen LogP contribution in [0.25, 0.3) is 22.5 Å². The Balaban J connectivity index is 1.38. The van der Waals surface area contributed by atoms with Gasteiger partial charge < -0.3 is 18.6 Å². The minimum absolute atomic E-state index is 0.101. The molecule has 2 aromatic heterocycles. The van der Waals surface area contributed by atoms with Gasteiger partial charge in [0.25, 0.3) is 5.56 Å². The fourth-order valence-electron chi connectivity index (χ4n) is 3.81. The van der Waals surface area contributed by atoms with Gasteiger partial charge in [-0.3, -0.25) is 4.79 Å². The molecule has 9 nitrogen and oxygen atoms in total. The topological polar surface area (TPSA) is 105 Å². The maximum atomic E-state index is 13.3. The first-order chi connectivity index (χ1) is 18.1. The van der Waals surface area contributed by atoms with Crippen LogP contribution in [0.2, 0.25) is 0 Å². The number of rotatable bonds is 5. The quantitative estimate of drug-likeness (QED) is 0.165. The molecule has 5 aromatic rings. The molecule has 0 atom stereocenters. The van der Waals surface area contributed by atoms with E-state index in [1.807, 2.05) is 0 Å². The Morgan fingerprint density at radius 3 is 2.76 bits per heavy atom. The van der Waals surface area contributed by atoms with E-state index in [4.69, 9.17) is 18.6 Å². The van der Waals surface area contributed by atoms with E-state index < -0.39 is 5.97 Å². The number of fused-ring (bicyclic) bond motifs is 2. The van der Waals surface area contributed by atoms with Crippen molar-refractivity contribution in [2.75, 3.05) is 6.79 Å². The van der Waals surface area contributed by atoms with Gasteiger partial charge in [-0.25, -0.2) is 9.78 Å². The summed E-state index contributed by atoms with van der Waals surface area (Å²) in [6, 6.07) is 20.3. The summed E-state index contributed by atoms with van der Waals surface area (Å²) in [7, 11) is 0. The van der Waals surface area contributed by atoms with Crippen LogP contribution in [-0.4, -0.2) is 28.6 Å². The maximum absolute atomic E-state index is 13.3. The molecule has 10 heteroatoms. The van der Waals surface area contributed by atoms with E-state index in [1.54, 1.807) is 72.8 Å². The van der Waals surface area contributed by atoms with E-state index in [2.05, 4.69) is 26.0 Å². The molecule has 1 aliphatic heterocycles. The van der Waals surface area contributed by atoms with E-state index >= 15 is 0 Å². The van der Waals surface area contributed by atoms with Gasteiger partial charge in [0.15, 0.2) is 17.3 Å². The number of furan rings is 1. The van der Waals surface area contributed by atoms with E-state index in [-0.39, 0.29) is 23.9 Å². The summed E-state index contributed by atoms with van der Waals surface area (Å²) in [5.41, 5.74) is 0.896. The second-order valence-corrected chi connectivity index (χ2v) is 8.85. The summed E-state index contributed by atoms with van der Waals surface area (Å²) < 4.78 is 23.7. The van der Waals surface area contributed by atoms with E-state index in [0.29, 0.717) is 39.3 Å². The molecule has 0 saturated heterocycles. The summed E-state index contributed by atoms with van der Waals surface area (Å²) in [6.07, 6.45) is 2.92. The zero-order valence-electron chi connectivity index (χ0n) is 19.0. The SMILES string of the molecule is O=C(Oc1ccc(Br)cc1C=Nn1c(-c2ccco2)nc2ccccc2c1=O)c1ccc2c(c1)OCO2. The van der Waals surface area contributed by atoms with Crippen LogP contribution in [0, 0.1) is 0 Å². The van der Waals surface area contributed by atoms with Crippen molar-refractivity contribution in [1.82, 2.24) is 9.66 Å². The summed E-state index contributed by atoms with van der Waals surface area (Å²) in [6.45, 7) is 0.101. The molecule has 0 amide bonds. The molecule has 0 radical (unpaired) electrons. The summed E-state index contributed by atoms with van der Waals surface area (Å²) in [4.78, 5) is 30.8. The lowest BCUT2D eigenvalue weighted by atomic mass is 10.2. The Morgan fingerprint density at radius 2 is 1.89 bits per heavy atom. The van der Waals surface area contributed by atoms with Crippen molar-refractivity contribution >= 4 is 39.0 Å². The minimum Gasteiger partial charge on any atom is -0.461 e. The molecule has 0 fully saturated rings. The van der Waals surface area contributed by atoms with Crippen molar-refractivity contribution in [3.05, 3.63) is 105 Å². The van der Waals surface area contributed by atoms with E-state index in [0.717, 1.165) is 9.15 Å². The van der Waals surface area contributed by atoms with Gasteiger partial charge in [0.2, 0.25) is 12.6 Å². The molecule has 0 unspecified atom stereocenters. The molecule has 6 rings (SSSR count). The molecule has 3 heterocycles. The Bertz CT molecular complexity index is 1740.